The lowest BCUT2D eigenvalue weighted by molar-refractivity contribution is 0.0702. The van der Waals surface area contributed by atoms with Crippen LogP contribution in [-0.2, 0) is 11.3 Å². The quantitative estimate of drug-likeness (QED) is 0.876. The molecule has 0 fully saturated rings. The first kappa shape index (κ1) is 14.7. The maximum atomic E-state index is 11.4. The third-order valence-electron chi connectivity index (χ3n) is 3.34. The summed E-state index contributed by atoms with van der Waals surface area (Å²) in [5, 5.41) is 18.2. The van der Waals surface area contributed by atoms with E-state index >= 15 is 0 Å². The predicted octanol–water partition coefficient (Wildman–Crippen LogP) is 2.67. The van der Waals surface area contributed by atoms with Gasteiger partial charge in [0.05, 0.1) is 35.1 Å². The Morgan fingerprint density at radius 1 is 1.39 bits per heavy atom. The molecular formula is C16H9N3O3S. The number of carbonyl (C=O) groups is 1. The van der Waals surface area contributed by atoms with Crippen molar-refractivity contribution in [1.82, 2.24) is 4.90 Å². The maximum absolute atomic E-state index is 11.4. The Kier molecular flexibility index (Phi) is 3.77. The number of carboxylic acid groups (broad SMARTS) is 1. The molecule has 0 amide bonds. The molecule has 0 spiro atoms. The van der Waals surface area contributed by atoms with Gasteiger partial charge in [-0.1, -0.05) is 18.2 Å². The van der Waals surface area contributed by atoms with Gasteiger partial charge in [0, 0.05) is 0 Å². The molecule has 1 aromatic carbocycles. The summed E-state index contributed by atoms with van der Waals surface area (Å²) >= 11 is 0.981. The van der Waals surface area contributed by atoms with E-state index in [4.69, 9.17) is 10.4 Å². The van der Waals surface area contributed by atoms with Gasteiger partial charge in [0.2, 0.25) is 0 Å². The van der Waals surface area contributed by atoms with Crippen molar-refractivity contribution in [2.75, 3.05) is 0 Å². The van der Waals surface area contributed by atoms with Crippen LogP contribution in [-0.4, -0.2) is 28.3 Å². The molecule has 0 unspecified atom stereocenters. The van der Waals surface area contributed by atoms with Gasteiger partial charge in [0.25, 0.3) is 0 Å². The van der Waals surface area contributed by atoms with Crippen LogP contribution in [0.25, 0.3) is 5.70 Å². The van der Waals surface area contributed by atoms with E-state index in [0.29, 0.717) is 16.1 Å². The third-order valence-corrected chi connectivity index (χ3v) is 4.46. The van der Waals surface area contributed by atoms with Crippen LogP contribution in [0.5, 0.6) is 0 Å². The van der Waals surface area contributed by atoms with Gasteiger partial charge in [0.1, 0.15) is 10.6 Å². The lowest BCUT2D eigenvalue weighted by Crippen LogP contribution is -2.22. The number of nitrogens with zero attached hydrogens (tertiary/aromatic N) is 3. The van der Waals surface area contributed by atoms with Gasteiger partial charge in [0.15, 0.2) is 5.94 Å². The number of nitriles is 1. The van der Waals surface area contributed by atoms with Crippen molar-refractivity contribution < 1.29 is 14.7 Å². The van der Waals surface area contributed by atoms with Crippen LogP contribution in [0.4, 0.5) is 5.69 Å². The maximum Gasteiger partial charge on any atom is 0.345 e. The fraction of sp³-hybridized carbons (Fsp3) is 0.0625. The first-order chi connectivity index (χ1) is 11.1. The number of aromatic carboxylic acids is 1. The smallest absolute Gasteiger partial charge is 0.345 e. The second-order valence-electron chi connectivity index (χ2n) is 4.72. The van der Waals surface area contributed by atoms with Gasteiger partial charge in [-0.15, -0.1) is 11.3 Å². The van der Waals surface area contributed by atoms with Gasteiger partial charge in [-0.2, -0.15) is 5.26 Å². The van der Waals surface area contributed by atoms with Crippen molar-refractivity contribution in [2.45, 2.75) is 6.54 Å². The average Bonchev–Trinajstić information content (AvgIpc) is 2.99. The summed E-state index contributed by atoms with van der Waals surface area (Å²) < 4.78 is 0. The zero-order valence-electron chi connectivity index (χ0n) is 11.7. The van der Waals surface area contributed by atoms with Gasteiger partial charge < -0.3 is 10.0 Å². The van der Waals surface area contributed by atoms with Crippen LogP contribution in [0, 0.1) is 11.3 Å². The standard InChI is InChI=1S/C16H9N3O3S/c17-6-10-3-1-2-4-11(10)7-19-9-18-12-5-14(16(21)22)23-15(12)13(19)8-20/h1-5,9H,7H2,(H,21,22). The highest BCUT2D eigenvalue weighted by atomic mass is 32.1. The second kappa shape index (κ2) is 5.89. The van der Waals surface area contributed by atoms with Crippen LogP contribution in [0.15, 0.2) is 35.3 Å². The highest BCUT2D eigenvalue weighted by molar-refractivity contribution is 7.15. The van der Waals surface area contributed by atoms with Crippen molar-refractivity contribution in [3.05, 3.63) is 51.2 Å². The Morgan fingerprint density at radius 3 is 2.87 bits per heavy atom. The summed E-state index contributed by atoms with van der Waals surface area (Å²) in [5.74, 6) is 0.792. The Bertz CT molecular complexity index is 917. The molecule has 0 atom stereocenters. The average molecular weight is 323 g/mol. The molecule has 1 aliphatic rings. The zero-order valence-corrected chi connectivity index (χ0v) is 12.5. The van der Waals surface area contributed by atoms with Crippen LogP contribution >= 0.6 is 11.3 Å². The third kappa shape index (κ3) is 2.64. The van der Waals surface area contributed by atoms with Crippen LogP contribution in [0.1, 0.15) is 25.7 Å². The molecule has 1 N–H and O–H groups in total. The van der Waals surface area contributed by atoms with Gasteiger partial charge in [-0.25, -0.2) is 14.6 Å². The Morgan fingerprint density at radius 2 is 2.17 bits per heavy atom. The molecule has 6 nitrogen and oxygen atoms in total. The zero-order chi connectivity index (χ0) is 16.4. The van der Waals surface area contributed by atoms with Gasteiger partial charge >= 0.3 is 5.97 Å². The summed E-state index contributed by atoms with van der Waals surface area (Å²) in [6, 6.07) is 10.6. The fourth-order valence-electron chi connectivity index (χ4n) is 2.25. The van der Waals surface area contributed by atoms with E-state index in [0.717, 1.165) is 16.9 Å². The molecule has 2 heterocycles. The highest BCUT2D eigenvalue weighted by Crippen LogP contribution is 2.38. The van der Waals surface area contributed by atoms with Crippen molar-refractivity contribution in [1.29, 1.82) is 5.26 Å². The van der Waals surface area contributed by atoms with E-state index in [2.05, 4.69) is 11.1 Å². The van der Waals surface area contributed by atoms with E-state index in [1.807, 2.05) is 5.94 Å². The van der Waals surface area contributed by atoms with Crippen molar-refractivity contribution in [3.8, 4) is 6.07 Å². The van der Waals surface area contributed by atoms with Gasteiger partial charge in [-0.3, -0.25) is 0 Å². The largest absolute Gasteiger partial charge is 0.477 e. The van der Waals surface area contributed by atoms with Crippen LogP contribution in [0.3, 0.4) is 0 Å². The number of aliphatic imine (C=N–C) groups is 1. The minimum atomic E-state index is -1.06. The molecule has 0 saturated carbocycles. The van der Waals surface area contributed by atoms with Crippen LogP contribution in [0.2, 0.25) is 0 Å². The van der Waals surface area contributed by atoms with E-state index in [1.54, 1.807) is 29.2 Å². The Hall–Kier alpha value is -3.20. The molecule has 0 radical (unpaired) electrons. The number of carbonyl (C=O) groups excluding carboxylic acids is 1. The molecule has 23 heavy (non-hydrogen) atoms. The molecule has 0 bridgehead atoms. The first-order valence-electron chi connectivity index (χ1n) is 6.55. The molecule has 1 aliphatic heterocycles. The summed E-state index contributed by atoms with van der Waals surface area (Å²) in [6.07, 6.45) is 1.45. The Balaban J connectivity index is 1.98. The Labute approximate surface area is 135 Å². The molecule has 7 heteroatoms. The molecule has 1 aromatic heterocycles. The molecule has 0 aliphatic carbocycles. The minimum Gasteiger partial charge on any atom is -0.477 e. The topological polar surface area (TPSA) is 93.8 Å². The monoisotopic (exact) mass is 323 g/mol. The predicted molar refractivity (Wildman–Crippen MR) is 85.2 cm³/mol. The number of rotatable bonds is 3. The second-order valence-corrected chi connectivity index (χ2v) is 5.77. The summed E-state index contributed by atoms with van der Waals surface area (Å²) in [5.41, 5.74) is 1.91. The first-order valence-corrected chi connectivity index (χ1v) is 7.37. The number of fused-ring (bicyclic) bond motifs is 1. The van der Waals surface area contributed by atoms with Crippen molar-refractivity contribution in [3.63, 3.8) is 0 Å². The molecule has 3 rings (SSSR count). The normalized spacial score (nSPS) is 12.5. The molecule has 2 aromatic rings. The number of benzene rings is 1. The van der Waals surface area contributed by atoms with E-state index in [1.165, 1.54) is 12.4 Å². The van der Waals surface area contributed by atoms with E-state index < -0.39 is 5.97 Å². The number of hydrogen-bond donors (Lipinski definition) is 1. The molecule has 0 saturated heterocycles. The number of hydrogen-bond acceptors (Lipinski definition) is 6. The van der Waals surface area contributed by atoms with E-state index in [9.17, 15) is 9.59 Å². The summed E-state index contributed by atoms with van der Waals surface area (Å²) in [4.78, 5) is 28.8. The highest BCUT2D eigenvalue weighted by Gasteiger charge is 2.25. The SMILES string of the molecule is N#Cc1ccccc1CN1C=Nc2cc(C(=O)O)sc2C1=C=O. The number of thiophene rings is 1. The summed E-state index contributed by atoms with van der Waals surface area (Å²) in [7, 11) is 0. The summed E-state index contributed by atoms with van der Waals surface area (Å²) in [6.45, 7) is 0.275. The minimum absolute atomic E-state index is 0.110. The van der Waals surface area contributed by atoms with Gasteiger partial charge in [-0.05, 0) is 17.7 Å². The van der Waals surface area contributed by atoms with Crippen LogP contribution < -0.4 is 0 Å². The molecular weight excluding hydrogens is 314 g/mol. The lowest BCUT2D eigenvalue weighted by atomic mass is 10.1. The van der Waals surface area contributed by atoms with Crippen molar-refractivity contribution >= 4 is 41.0 Å². The molecule has 112 valence electrons. The lowest BCUT2D eigenvalue weighted by Gasteiger charge is -2.23. The number of carboxylic acids is 1. The fourth-order valence-corrected chi connectivity index (χ4v) is 3.20. The van der Waals surface area contributed by atoms with Crippen molar-refractivity contribution in [2.24, 2.45) is 4.99 Å². The van der Waals surface area contributed by atoms with E-state index in [-0.39, 0.29) is 17.1 Å².